The molecule has 1 aliphatic rings. The number of rotatable bonds is 2. The van der Waals surface area contributed by atoms with Crippen molar-refractivity contribution in [3.8, 4) is 0 Å². The highest BCUT2D eigenvalue weighted by Crippen LogP contribution is 2.39. The molecule has 20 heavy (non-hydrogen) atoms. The Morgan fingerprint density at radius 3 is 1.05 bits per heavy atom. The number of hydrogen-bond donors (Lipinski definition) is 0. The average molecular weight is 289 g/mol. The van der Waals surface area contributed by atoms with E-state index in [0.717, 1.165) is 17.8 Å². The lowest BCUT2D eigenvalue weighted by molar-refractivity contribution is 0.724. The summed E-state index contributed by atoms with van der Waals surface area (Å²) in [5.41, 5.74) is 0. The Balaban J connectivity index is -0.0000000485. The molecule has 1 saturated carbocycles. The lowest BCUT2D eigenvalue weighted by Gasteiger charge is -1.79. The quantitative estimate of drug-likeness (QED) is 0.447. The van der Waals surface area contributed by atoms with E-state index in [2.05, 4.69) is 61.6 Å². The summed E-state index contributed by atoms with van der Waals surface area (Å²) in [4.78, 5) is 0. The van der Waals surface area contributed by atoms with Crippen LogP contribution in [0.15, 0.2) is 13.2 Å². The zero-order valence-corrected chi connectivity index (χ0v) is 17.0. The molecule has 0 heteroatoms. The van der Waals surface area contributed by atoms with Gasteiger partial charge in [-0.3, -0.25) is 0 Å². The molecule has 0 aliphatic heterocycles. The molecule has 0 amide bonds. The van der Waals surface area contributed by atoms with Crippen molar-refractivity contribution in [2.75, 3.05) is 0 Å². The second-order valence-corrected chi connectivity index (χ2v) is 5.11. The fourth-order valence-corrected chi connectivity index (χ4v) is 0.968. The van der Waals surface area contributed by atoms with Gasteiger partial charge < -0.3 is 0 Å². The highest BCUT2D eigenvalue weighted by molar-refractivity contribution is 4.80. The van der Waals surface area contributed by atoms with Gasteiger partial charge in [0.2, 0.25) is 0 Å². The first-order valence-corrected chi connectivity index (χ1v) is 8.99. The SMILES string of the molecule is C=C.CC.CC.CC(C)C.CCCC.CC[C@H]1CC1C. The minimum Gasteiger partial charge on any atom is -0.106 e. The molecule has 0 nitrogen and oxygen atoms in total. The Morgan fingerprint density at radius 2 is 1.05 bits per heavy atom. The average Bonchev–Trinajstić information content (AvgIpc) is 3.21. The lowest BCUT2D eigenvalue weighted by Crippen LogP contribution is -1.68. The molecule has 0 aromatic heterocycles. The minimum absolute atomic E-state index is 0.833. The van der Waals surface area contributed by atoms with Crippen LogP contribution in [0, 0.1) is 17.8 Å². The van der Waals surface area contributed by atoms with Gasteiger partial charge in [-0.25, -0.2) is 0 Å². The largest absolute Gasteiger partial charge is 0.106 e. The molecule has 0 aromatic rings. The second kappa shape index (κ2) is 36.3. The van der Waals surface area contributed by atoms with Crippen molar-refractivity contribution in [2.45, 2.75) is 102 Å². The maximum absolute atomic E-state index is 3.00. The van der Waals surface area contributed by atoms with Crippen LogP contribution in [0.3, 0.4) is 0 Å². The first-order valence-electron chi connectivity index (χ1n) is 8.99. The van der Waals surface area contributed by atoms with Crippen LogP contribution in [0.4, 0.5) is 0 Å². The minimum atomic E-state index is 0.833. The van der Waals surface area contributed by atoms with Crippen molar-refractivity contribution >= 4 is 0 Å². The van der Waals surface area contributed by atoms with Crippen LogP contribution in [0.2, 0.25) is 0 Å². The fourth-order valence-electron chi connectivity index (χ4n) is 0.968. The van der Waals surface area contributed by atoms with E-state index in [1.807, 2.05) is 27.7 Å². The van der Waals surface area contributed by atoms with Gasteiger partial charge in [0.25, 0.3) is 0 Å². The van der Waals surface area contributed by atoms with Crippen LogP contribution in [0.1, 0.15) is 102 Å². The van der Waals surface area contributed by atoms with Crippen molar-refractivity contribution in [3.05, 3.63) is 13.2 Å². The summed E-state index contributed by atoms with van der Waals surface area (Å²) in [6.07, 6.45) is 5.54. The molecule has 0 aromatic carbocycles. The Labute approximate surface area is 133 Å². The molecule has 0 saturated heterocycles. The highest BCUT2D eigenvalue weighted by atomic mass is 14.3. The van der Waals surface area contributed by atoms with Crippen molar-refractivity contribution in [3.63, 3.8) is 0 Å². The summed E-state index contributed by atoms with van der Waals surface area (Å²) in [6, 6.07) is 0. The Hall–Kier alpha value is -0.260. The standard InChI is InChI=1S/C6H12.2C4H10.2C2H6.C2H4/c1-3-6-4-5(6)2;1-4(2)3;1-3-4-2;3*1-2/h5-6H,3-4H2,1-2H3;4H,1-3H3;3-4H2,1-2H3;2*1-2H3;1-2H2/t5?,6-;;;;;/m0...../s1. The lowest BCUT2D eigenvalue weighted by atomic mass is 10.3. The molecule has 2 atom stereocenters. The van der Waals surface area contributed by atoms with E-state index in [4.69, 9.17) is 0 Å². The third-order valence-electron chi connectivity index (χ3n) is 2.30. The molecular formula is C20H48. The molecule has 1 unspecified atom stereocenters. The molecule has 0 bridgehead atoms. The van der Waals surface area contributed by atoms with Gasteiger partial charge in [-0.15, -0.1) is 13.2 Å². The molecule has 1 aliphatic carbocycles. The van der Waals surface area contributed by atoms with E-state index < -0.39 is 0 Å². The van der Waals surface area contributed by atoms with Gasteiger partial charge >= 0.3 is 0 Å². The predicted octanol–water partition coefficient (Wildman–Crippen LogP) is 8.38. The van der Waals surface area contributed by atoms with Crippen LogP contribution in [0.5, 0.6) is 0 Å². The molecule has 1 fully saturated rings. The molecule has 1 rings (SSSR count). The van der Waals surface area contributed by atoms with Crippen molar-refractivity contribution in [1.29, 1.82) is 0 Å². The molecule has 0 N–H and O–H groups in total. The highest BCUT2D eigenvalue weighted by Gasteiger charge is 2.29. The third kappa shape index (κ3) is 65.1. The van der Waals surface area contributed by atoms with Crippen LogP contribution in [0.25, 0.3) is 0 Å². The molecule has 0 radical (unpaired) electrons. The normalized spacial score (nSPS) is 17.0. The first kappa shape index (κ1) is 31.9. The fraction of sp³-hybridized carbons (Fsp3) is 0.900. The Kier molecular flexibility index (Phi) is 58.0. The van der Waals surface area contributed by atoms with Crippen LogP contribution in [-0.2, 0) is 0 Å². The van der Waals surface area contributed by atoms with E-state index in [-0.39, 0.29) is 0 Å². The van der Waals surface area contributed by atoms with Gasteiger partial charge in [-0.2, -0.15) is 0 Å². The van der Waals surface area contributed by atoms with Crippen molar-refractivity contribution < 1.29 is 0 Å². The summed E-state index contributed by atoms with van der Waals surface area (Å²) < 4.78 is 0. The molecule has 0 heterocycles. The summed E-state index contributed by atoms with van der Waals surface area (Å²) in [7, 11) is 0. The molecular weight excluding hydrogens is 240 g/mol. The number of unbranched alkanes of at least 4 members (excludes halogenated alkanes) is 1. The maximum atomic E-state index is 3.00. The van der Waals surface area contributed by atoms with Gasteiger partial charge in [-0.1, -0.05) is 95.4 Å². The molecule has 0 spiro atoms. The van der Waals surface area contributed by atoms with Crippen molar-refractivity contribution in [1.82, 2.24) is 0 Å². The Bertz CT molecular complexity index is 97.9. The van der Waals surface area contributed by atoms with E-state index in [1.165, 1.54) is 25.7 Å². The van der Waals surface area contributed by atoms with E-state index in [1.54, 1.807) is 0 Å². The van der Waals surface area contributed by atoms with Gasteiger partial charge in [-0.05, 0) is 24.2 Å². The molecule has 128 valence electrons. The third-order valence-corrected chi connectivity index (χ3v) is 2.30. The predicted molar refractivity (Wildman–Crippen MR) is 103 cm³/mol. The maximum Gasteiger partial charge on any atom is -0.0388 e. The van der Waals surface area contributed by atoms with Gasteiger partial charge in [0.05, 0.1) is 0 Å². The van der Waals surface area contributed by atoms with Crippen LogP contribution >= 0.6 is 0 Å². The van der Waals surface area contributed by atoms with E-state index >= 15 is 0 Å². The summed E-state index contributed by atoms with van der Waals surface area (Å²) in [6.45, 7) is 29.5. The van der Waals surface area contributed by atoms with E-state index in [0.29, 0.717) is 0 Å². The van der Waals surface area contributed by atoms with Crippen molar-refractivity contribution in [2.24, 2.45) is 17.8 Å². The topological polar surface area (TPSA) is 0 Å². The summed E-state index contributed by atoms with van der Waals surface area (Å²) in [5.74, 6) is 3.00. The second-order valence-electron chi connectivity index (χ2n) is 5.11. The zero-order valence-electron chi connectivity index (χ0n) is 17.0. The van der Waals surface area contributed by atoms with E-state index in [9.17, 15) is 0 Å². The van der Waals surface area contributed by atoms with Gasteiger partial charge in [0.15, 0.2) is 0 Å². The summed E-state index contributed by atoms with van der Waals surface area (Å²) >= 11 is 0. The van der Waals surface area contributed by atoms with Gasteiger partial charge in [0.1, 0.15) is 0 Å². The van der Waals surface area contributed by atoms with Gasteiger partial charge in [0, 0.05) is 0 Å². The smallest absolute Gasteiger partial charge is 0.0388 e. The van der Waals surface area contributed by atoms with Crippen LogP contribution < -0.4 is 0 Å². The summed E-state index contributed by atoms with van der Waals surface area (Å²) in [5, 5.41) is 0. The Morgan fingerprint density at radius 1 is 0.850 bits per heavy atom. The zero-order chi connectivity index (χ0) is 17.6. The van der Waals surface area contributed by atoms with Crippen LogP contribution in [-0.4, -0.2) is 0 Å². The number of hydrogen-bond acceptors (Lipinski definition) is 0. The monoisotopic (exact) mass is 288 g/mol. The first-order chi connectivity index (χ1) is 9.49.